The molecule has 0 spiro atoms. The molecule has 0 aliphatic rings. The lowest BCUT2D eigenvalue weighted by atomic mass is 10.0. The zero-order valence-electron chi connectivity index (χ0n) is 10.4. The van der Waals surface area contributed by atoms with E-state index in [2.05, 4.69) is 5.32 Å². The second-order valence-corrected chi connectivity index (χ2v) is 4.49. The molecule has 0 saturated carbocycles. The molecule has 0 radical (unpaired) electrons. The number of carbonyl (C=O) groups is 1. The first-order valence-electron chi connectivity index (χ1n) is 5.78. The normalized spacial score (nSPS) is 12.6. The van der Waals surface area contributed by atoms with Crippen LogP contribution < -0.4 is 5.32 Å². The summed E-state index contributed by atoms with van der Waals surface area (Å²) in [7, 11) is 0. The van der Waals surface area contributed by atoms with Crippen molar-refractivity contribution in [2.75, 3.05) is 6.61 Å². The average Bonchev–Trinajstić information content (AvgIpc) is 2.31. The van der Waals surface area contributed by atoms with Crippen molar-refractivity contribution in [3.05, 3.63) is 35.4 Å². The van der Waals surface area contributed by atoms with Gasteiger partial charge < -0.3 is 10.4 Å². The van der Waals surface area contributed by atoms with Gasteiger partial charge in [-0.05, 0) is 12.0 Å². The van der Waals surface area contributed by atoms with E-state index in [-0.39, 0.29) is 30.6 Å². The van der Waals surface area contributed by atoms with Crippen molar-refractivity contribution >= 4 is 5.91 Å². The van der Waals surface area contributed by atoms with Gasteiger partial charge in [-0.3, -0.25) is 4.79 Å². The van der Waals surface area contributed by atoms with E-state index in [1.54, 1.807) is 0 Å². The summed E-state index contributed by atoms with van der Waals surface area (Å²) in [6.45, 7) is 3.52. The molecule has 0 fully saturated rings. The van der Waals surface area contributed by atoms with Gasteiger partial charge in [-0.25, -0.2) is 8.78 Å². The van der Waals surface area contributed by atoms with Crippen molar-refractivity contribution in [3.8, 4) is 0 Å². The van der Waals surface area contributed by atoms with E-state index in [1.807, 2.05) is 13.8 Å². The number of halogens is 2. The summed E-state index contributed by atoms with van der Waals surface area (Å²) in [5.74, 6) is -2.34. The van der Waals surface area contributed by atoms with Gasteiger partial charge in [-0.1, -0.05) is 26.0 Å². The highest BCUT2D eigenvalue weighted by molar-refractivity contribution is 5.78. The van der Waals surface area contributed by atoms with Crippen LogP contribution in [0.25, 0.3) is 0 Å². The van der Waals surface area contributed by atoms with Gasteiger partial charge in [0.15, 0.2) is 11.6 Å². The molecule has 0 heterocycles. The Bertz CT molecular complexity index is 421. The predicted molar refractivity (Wildman–Crippen MR) is 63.9 cm³/mol. The van der Waals surface area contributed by atoms with Crippen molar-refractivity contribution < 1.29 is 18.7 Å². The molecule has 1 aromatic carbocycles. The van der Waals surface area contributed by atoms with E-state index in [0.29, 0.717) is 0 Å². The number of amides is 1. The summed E-state index contributed by atoms with van der Waals surface area (Å²) in [5, 5.41) is 11.6. The van der Waals surface area contributed by atoms with Crippen LogP contribution in [0.5, 0.6) is 0 Å². The van der Waals surface area contributed by atoms with Gasteiger partial charge in [-0.2, -0.15) is 0 Å². The van der Waals surface area contributed by atoms with Crippen molar-refractivity contribution in [3.63, 3.8) is 0 Å². The van der Waals surface area contributed by atoms with Crippen LogP contribution in [0, 0.1) is 17.6 Å². The van der Waals surface area contributed by atoms with Crippen LogP contribution >= 0.6 is 0 Å². The topological polar surface area (TPSA) is 49.3 Å². The van der Waals surface area contributed by atoms with Crippen LogP contribution in [0.1, 0.15) is 19.4 Å². The number of nitrogens with one attached hydrogen (secondary N) is 1. The Labute approximate surface area is 105 Å². The number of carbonyl (C=O) groups excluding carboxylic acids is 1. The summed E-state index contributed by atoms with van der Waals surface area (Å²) in [5.41, 5.74) is 0.00736. The molecule has 100 valence electrons. The fourth-order valence-corrected chi connectivity index (χ4v) is 1.54. The van der Waals surface area contributed by atoms with Gasteiger partial charge >= 0.3 is 0 Å². The zero-order valence-corrected chi connectivity index (χ0v) is 10.4. The minimum atomic E-state index is -1.00. The molecule has 0 aliphatic heterocycles. The molecule has 0 bridgehead atoms. The predicted octanol–water partition coefficient (Wildman–Crippen LogP) is 1.64. The van der Waals surface area contributed by atoms with Crippen molar-refractivity contribution in [1.29, 1.82) is 0 Å². The summed E-state index contributed by atoms with van der Waals surface area (Å²) < 4.78 is 26.3. The van der Waals surface area contributed by atoms with E-state index in [1.165, 1.54) is 12.1 Å². The maximum Gasteiger partial charge on any atom is 0.224 e. The summed E-state index contributed by atoms with van der Waals surface area (Å²) in [6, 6.07) is 3.34. The SMILES string of the molecule is CC(C)C(CO)NC(=O)Cc1cccc(F)c1F. The second kappa shape index (κ2) is 6.44. The highest BCUT2D eigenvalue weighted by atomic mass is 19.2. The fourth-order valence-electron chi connectivity index (χ4n) is 1.54. The Morgan fingerprint density at radius 3 is 2.61 bits per heavy atom. The summed E-state index contributed by atoms with van der Waals surface area (Å²) in [6.07, 6.45) is -0.243. The highest BCUT2D eigenvalue weighted by Gasteiger charge is 2.17. The number of hydrogen-bond donors (Lipinski definition) is 2. The Morgan fingerprint density at radius 2 is 2.06 bits per heavy atom. The lowest BCUT2D eigenvalue weighted by molar-refractivity contribution is -0.121. The molecule has 5 heteroatoms. The van der Waals surface area contributed by atoms with E-state index in [9.17, 15) is 13.6 Å². The Kier molecular flexibility index (Phi) is 5.22. The van der Waals surface area contributed by atoms with Crippen molar-refractivity contribution in [2.45, 2.75) is 26.3 Å². The quantitative estimate of drug-likeness (QED) is 0.842. The highest BCUT2D eigenvalue weighted by Crippen LogP contribution is 2.12. The van der Waals surface area contributed by atoms with Crippen LogP contribution in [0.4, 0.5) is 8.78 Å². The Balaban J connectivity index is 2.67. The molecule has 0 aromatic heterocycles. The van der Waals surface area contributed by atoms with Gasteiger partial charge in [0.1, 0.15) is 0 Å². The lowest BCUT2D eigenvalue weighted by Crippen LogP contribution is -2.41. The molecule has 1 unspecified atom stereocenters. The molecule has 0 aliphatic carbocycles. The van der Waals surface area contributed by atoms with Crippen LogP contribution in [0.3, 0.4) is 0 Å². The molecule has 0 saturated heterocycles. The zero-order chi connectivity index (χ0) is 13.7. The molecule has 18 heavy (non-hydrogen) atoms. The van der Waals surface area contributed by atoms with Crippen molar-refractivity contribution in [2.24, 2.45) is 5.92 Å². The third kappa shape index (κ3) is 3.77. The average molecular weight is 257 g/mol. The van der Waals surface area contributed by atoms with E-state index < -0.39 is 17.5 Å². The molecule has 1 aromatic rings. The van der Waals surface area contributed by atoms with Gasteiger partial charge in [0.25, 0.3) is 0 Å². The Hall–Kier alpha value is -1.49. The number of benzene rings is 1. The maximum atomic E-state index is 13.3. The number of hydrogen-bond acceptors (Lipinski definition) is 2. The molecule has 3 nitrogen and oxygen atoms in total. The second-order valence-electron chi connectivity index (χ2n) is 4.49. The largest absolute Gasteiger partial charge is 0.394 e. The standard InChI is InChI=1S/C13H17F2NO2/c1-8(2)11(7-17)16-12(18)6-9-4-3-5-10(14)13(9)15/h3-5,8,11,17H,6-7H2,1-2H3,(H,16,18). The van der Waals surface area contributed by atoms with Gasteiger partial charge in [0.2, 0.25) is 5.91 Å². The number of aliphatic hydroxyl groups is 1. The fraction of sp³-hybridized carbons (Fsp3) is 0.462. The van der Waals surface area contributed by atoms with Gasteiger partial charge in [0, 0.05) is 5.56 Å². The van der Waals surface area contributed by atoms with Crippen LogP contribution in [-0.4, -0.2) is 23.7 Å². The molecule has 1 amide bonds. The minimum absolute atomic E-state index is 0.00736. The third-order valence-corrected chi connectivity index (χ3v) is 2.73. The molecular formula is C13H17F2NO2. The first-order valence-corrected chi connectivity index (χ1v) is 5.78. The first kappa shape index (κ1) is 14.6. The Morgan fingerprint density at radius 1 is 1.39 bits per heavy atom. The van der Waals surface area contributed by atoms with Crippen molar-refractivity contribution in [1.82, 2.24) is 5.32 Å². The summed E-state index contributed by atoms with van der Waals surface area (Å²) >= 11 is 0. The monoisotopic (exact) mass is 257 g/mol. The molecule has 2 N–H and O–H groups in total. The molecule has 1 rings (SSSR count). The third-order valence-electron chi connectivity index (χ3n) is 2.73. The van der Waals surface area contributed by atoms with Crippen LogP contribution in [0.15, 0.2) is 18.2 Å². The maximum absolute atomic E-state index is 13.3. The van der Waals surface area contributed by atoms with Crippen LogP contribution in [-0.2, 0) is 11.2 Å². The number of rotatable bonds is 5. The summed E-state index contributed by atoms with van der Waals surface area (Å²) in [4.78, 5) is 11.6. The van der Waals surface area contributed by atoms with Gasteiger partial charge in [-0.15, -0.1) is 0 Å². The number of aliphatic hydroxyl groups excluding tert-OH is 1. The van der Waals surface area contributed by atoms with E-state index >= 15 is 0 Å². The molecule has 1 atom stereocenters. The van der Waals surface area contributed by atoms with E-state index in [0.717, 1.165) is 6.07 Å². The van der Waals surface area contributed by atoms with E-state index in [4.69, 9.17) is 5.11 Å². The van der Waals surface area contributed by atoms with Gasteiger partial charge in [0.05, 0.1) is 19.1 Å². The lowest BCUT2D eigenvalue weighted by Gasteiger charge is -2.19. The smallest absolute Gasteiger partial charge is 0.224 e. The minimum Gasteiger partial charge on any atom is -0.394 e. The first-order chi connectivity index (χ1) is 8.45. The van der Waals surface area contributed by atoms with Crippen LogP contribution in [0.2, 0.25) is 0 Å². The molecular weight excluding hydrogens is 240 g/mol.